The highest BCUT2D eigenvalue weighted by molar-refractivity contribution is 5.83. The van der Waals surface area contributed by atoms with Crippen LogP contribution in [0, 0.1) is 0 Å². The van der Waals surface area contributed by atoms with Crippen LogP contribution < -0.4 is 0 Å². The molecule has 4 heteroatoms. The van der Waals surface area contributed by atoms with Gasteiger partial charge in [-0.2, -0.15) is 0 Å². The molecule has 1 aliphatic rings. The molecule has 0 bridgehead atoms. The molecular weight excluding hydrogens is 298 g/mol. The number of piperidine rings is 1. The largest absolute Gasteiger partial charge is 0.391 e. The minimum Gasteiger partial charge on any atom is -0.391 e. The molecule has 0 radical (unpaired) electrons. The van der Waals surface area contributed by atoms with Gasteiger partial charge in [0.2, 0.25) is 0 Å². The molecule has 124 valence electrons. The average molecular weight is 321 g/mol. The van der Waals surface area contributed by atoms with E-state index in [2.05, 4.69) is 52.3 Å². The molecule has 1 aromatic heterocycles. The first-order valence-corrected chi connectivity index (χ1v) is 8.56. The number of aliphatic hydroxyl groups excluding tert-OH is 1. The number of aryl methyl sites for hydroxylation is 1. The minimum atomic E-state index is -0.333. The van der Waals surface area contributed by atoms with Gasteiger partial charge in [-0.1, -0.05) is 42.5 Å². The van der Waals surface area contributed by atoms with Gasteiger partial charge in [-0.25, -0.2) is 4.98 Å². The van der Waals surface area contributed by atoms with Gasteiger partial charge < -0.3 is 9.67 Å². The number of aliphatic hydroxyl groups is 1. The summed E-state index contributed by atoms with van der Waals surface area (Å²) < 4.78 is 2.04. The number of likely N-dealkylation sites (tertiary alicyclic amines) is 1. The highest BCUT2D eigenvalue weighted by Gasteiger charge is 2.29. The van der Waals surface area contributed by atoms with E-state index in [-0.39, 0.29) is 12.0 Å². The van der Waals surface area contributed by atoms with Crippen molar-refractivity contribution in [2.45, 2.75) is 25.0 Å². The van der Waals surface area contributed by atoms with E-state index >= 15 is 0 Å². The SMILES string of the molecule is Cn1ccnc1CN1CC[C@H](c2ccc3ccccc3c2)[C@@H](O)C1. The zero-order valence-electron chi connectivity index (χ0n) is 14.0. The van der Waals surface area contributed by atoms with Gasteiger partial charge in [-0.3, -0.25) is 4.90 Å². The molecule has 0 spiro atoms. The van der Waals surface area contributed by atoms with Crippen LogP contribution in [0.2, 0.25) is 0 Å². The van der Waals surface area contributed by atoms with Crippen molar-refractivity contribution in [1.82, 2.24) is 14.5 Å². The van der Waals surface area contributed by atoms with Crippen molar-refractivity contribution in [1.29, 1.82) is 0 Å². The van der Waals surface area contributed by atoms with Crippen molar-refractivity contribution in [3.05, 3.63) is 66.2 Å². The van der Waals surface area contributed by atoms with E-state index in [9.17, 15) is 5.11 Å². The van der Waals surface area contributed by atoms with Crippen LogP contribution >= 0.6 is 0 Å². The first-order valence-electron chi connectivity index (χ1n) is 8.56. The van der Waals surface area contributed by atoms with Crippen molar-refractivity contribution in [3.8, 4) is 0 Å². The molecule has 1 N–H and O–H groups in total. The molecule has 1 saturated heterocycles. The number of hydrogen-bond donors (Lipinski definition) is 1. The maximum Gasteiger partial charge on any atom is 0.122 e. The molecule has 0 saturated carbocycles. The minimum absolute atomic E-state index is 0.215. The molecule has 2 aromatic carbocycles. The molecule has 1 aliphatic heterocycles. The molecule has 1 fully saturated rings. The molecule has 0 unspecified atom stereocenters. The first-order chi connectivity index (χ1) is 11.7. The predicted molar refractivity (Wildman–Crippen MR) is 95.8 cm³/mol. The molecule has 2 heterocycles. The Bertz CT molecular complexity index is 842. The lowest BCUT2D eigenvalue weighted by molar-refractivity contribution is 0.0462. The third kappa shape index (κ3) is 2.95. The van der Waals surface area contributed by atoms with Crippen molar-refractivity contribution >= 4 is 10.8 Å². The van der Waals surface area contributed by atoms with Gasteiger partial charge in [-0.15, -0.1) is 0 Å². The van der Waals surface area contributed by atoms with Gasteiger partial charge in [0.25, 0.3) is 0 Å². The second-order valence-electron chi connectivity index (χ2n) is 6.76. The molecule has 2 atom stereocenters. The maximum absolute atomic E-state index is 10.7. The standard InChI is InChI=1S/C20H23N3O/c1-22-11-9-21-20(22)14-23-10-8-18(19(24)13-23)17-7-6-15-4-2-3-5-16(15)12-17/h2-7,9,11-12,18-19,24H,8,10,13-14H2,1H3/t18-,19+/m1/s1. The van der Waals surface area contributed by atoms with Gasteiger partial charge in [-0.05, 0) is 29.3 Å². The smallest absolute Gasteiger partial charge is 0.122 e. The Hall–Kier alpha value is -2.17. The van der Waals surface area contributed by atoms with Crippen LogP contribution in [0.4, 0.5) is 0 Å². The fraction of sp³-hybridized carbons (Fsp3) is 0.350. The predicted octanol–water partition coefficient (Wildman–Crippen LogP) is 2.92. The number of benzene rings is 2. The third-order valence-corrected chi connectivity index (χ3v) is 5.15. The van der Waals surface area contributed by atoms with Crippen LogP contribution in [0.1, 0.15) is 23.7 Å². The number of β-amino-alcohol motifs (C(OH)–C–C–N with tert-alkyl or cyclic N) is 1. The Morgan fingerprint density at radius 3 is 2.75 bits per heavy atom. The summed E-state index contributed by atoms with van der Waals surface area (Å²) >= 11 is 0. The summed E-state index contributed by atoms with van der Waals surface area (Å²) in [4.78, 5) is 6.68. The van der Waals surface area contributed by atoms with E-state index in [4.69, 9.17) is 0 Å². The summed E-state index contributed by atoms with van der Waals surface area (Å²) in [5.74, 6) is 1.26. The van der Waals surface area contributed by atoms with Gasteiger partial charge in [0, 0.05) is 31.9 Å². The third-order valence-electron chi connectivity index (χ3n) is 5.15. The summed E-state index contributed by atoms with van der Waals surface area (Å²) in [5.41, 5.74) is 1.25. The van der Waals surface area contributed by atoms with Gasteiger partial charge >= 0.3 is 0 Å². The van der Waals surface area contributed by atoms with Crippen LogP contribution in [0.3, 0.4) is 0 Å². The van der Waals surface area contributed by atoms with E-state index in [1.54, 1.807) is 0 Å². The maximum atomic E-state index is 10.7. The first kappa shape index (κ1) is 15.4. The van der Waals surface area contributed by atoms with Gasteiger partial charge in [0.1, 0.15) is 5.82 Å². The Morgan fingerprint density at radius 2 is 2.00 bits per heavy atom. The molecule has 24 heavy (non-hydrogen) atoms. The number of aromatic nitrogens is 2. The van der Waals surface area contributed by atoms with E-state index in [0.717, 1.165) is 25.3 Å². The zero-order chi connectivity index (χ0) is 16.5. The number of hydrogen-bond acceptors (Lipinski definition) is 3. The second kappa shape index (κ2) is 6.38. The molecule has 0 aliphatic carbocycles. The fourth-order valence-electron chi connectivity index (χ4n) is 3.72. The van der Waals surface area contributed by atoms with E-state index in [1.165, 1.54) is 16.3 Å². The summed E-state index contributed by atoms with van der Waals surface area (Å²) in [6.45, 7) is 2.48. The number of nitrogens with zero attached hydrogens (tertiary/aromatic N) is 3. The Balaban J connectivity index is 1.48. The normalized spacial score (nSPS) is 22.1. The number of imidazole rings is 1. The van der Waals surface area contributed by atoms with Crippen molar-refractivity contribution in [2.75, 3.05) is 13.1 Å². The highest BCUT2D eigenvalue weighted by atomic mass is 16.3. The van der Waals surface area contributed by atoms with E-state index in [0.29, 0.717) is 6.54 Å². The highest BCUT2D eigenvalue weighted by Crippen LogP contribution is 2.31. The van der Waals surface area contributed by atoms with E-state index in [1.807, 2.05) is 24.0 Å². The molecule has 3 aromatic rings. The van der Waals surface area contributed by atoms with Gasteiger partial charge in [0.15, 0.2) is 0 Å². The number of fused-ring (bicyclic) bond motifs is 1. The summed E-state index contributed by atoms with van der Waals surface area (Å²) in [7, 11) is 2.01. The zero-order valence-corrected chi connectivity index (χ0v) is 14.0. The topological polar surface area (TPSA) is 41.3 Å². The monoisotopic (exact) mass is 321 g/mol. The lowest BCUT2D eigenvalue weighted by atomic mass is 9.86. The lowest BCUT2D eigenvalue weighted by Gasteiger charge is -2.36. The Labute approximate surface area is 142 Å². The van der Waals surface area contributed by atoms with Crippen LogP contribution in [0.5, 0.6) is 0 Å². The summed E-state index contributed by atoms with van der Waals surface area (Å²) in [6.07, 6.45) is 4.44. The van der Waals surface area contributed by atoms with Crippen LogP contribution in [0.15, 0.2) is 54.9 Å². The molecular formula is C20H23N3O. The second-order valence-corrected chi connectivity index (χ2v) is 6.76. The van der Waals surface area contributed by atoms with Crippen molar-refractivity contribution < 1.29 is 5.11 Å². The number of rotatable bonds is 3. The summed E-state index contributed by atoms with van der Waals surface area (Å²) in [6, 6.07) is 15.0. The van der Waals surface area contributed by atoms with Gasteiger partial charge in [0.05, 0.1) is 12.6 Å². The fourth-order valence-corrected chi connectivity index (χ4v) is 3.72. The van der Waals surface area contributed by atoms with Crippen LogP contribution in [-0.4, -0.2) is 38.8 Å². The Morgan fingerprint density at radius 1 is 1.17 bits per heavy atom. The summed E-state index contributed by atoms with van der Waals surface area (Å²) in [5, 5.41) is 13.2. The molecule has 4 nitrogen and oxygen atoms in total. The quantitative estimate of drug-likeness (QED) is 0.806. The van der Waals surface area contributed by atoms with E-state index < -0.39 is 0 Å². The molecule has 4 rings (SSSR count). The van der Waals surface area contributed by atoms with Crippen molar-refractivity contribution in [2.24, 2.45) is 7.05 Å². The Kier molecular flexibility index (Phi) is 4.08. The van der Waals surface area contributed by atoms with Crippen LogP contribution in [0.25, 0.3) is 10.8 Å². The molecule has 0 amide bonds. The van der Waals surface area contributed by atoms with Crippen molar-refractivity contribution in [3.63, 3.8) is 0 Å². The lowest BCUT2D eigenvalue weighted by Crippen LogP contribution is -2.42. The van der Waals surface area contributed by atoms with Crippen LogP contribution in [-0.2, 0) is 13.6 Å². The average Bonchev–Trinajstić information content (AvgIpc) is 2.99.